The van der Waals surface area contributed by atoms with E-state index < -0.39 is 23.3 Å². The van der Waals surface area contributed by atoms with Crippen molar-refractivity contribution in [2.75, 3.05) is 0 Å². The van der Waals surface area contributed by atoms with Gasteiger partial charge in [0, 0.05) is 16.7 Å². The van der Waals surface area contributed by atoms with Crippen molar-refractivity contribution in [3.8, 4) is 22.3 Å². The Kier molecular flexibility index (Phi) is 9.52. The van der Waals surface area contributed by atoms with E-state index in [4.69, 9.17) is 7.85 Å². The first-order chi connectivity index (χ1) is 19.9. The molecule has 0 N–H and O–H groups in total. The molecule has 0 spiro atoms. The van der Waals surface area contributed by atoms with Crippen LogP contribution in [-0.4, -0.2) is 7.85 Å². The molecule has 41 heavy (non-hydrogen) atoms. The fourth-order valence-electron chi connectivity index (χ4n) is 6.79. The van der Waals surface area contributed by atoms with Gasteiger partial charge in [-0.1, -0.05) is 85.9 Å². The van der Waals surface area contributed by atoms with Crippen LogP contribution in [0.3, 0.4) is 0 Å². The Morgan fingerprint density at radius 2 is 1.29 bits per heavy atom. The van der Waals surface area contributed by atoms with E-state index >= 15 is 8.78 Å². The van der Waals surface area contributed by atoms with Gasteiger partial charge in [-0.25, -0.2) is 17.6 Å². The van der Waals surface area contributed by atoms with Gasteiger partial charge in [0.1, 0.15) is 0 Å². The van der Waals surface area contributed by atoms with E-state index in [0.29, 0.717) is 22.6 Å². The van der Waals surface area contributed by atoms with Crippen LogP contribution < -0.4 is 0 Å². The molecule has 2 radical (unpaired) electrons. The number of hydrogen-bond acceptors (Lipinski definition) is 0. The molecule has 0 amide bonds. The largest absolute Gasteiger partial charge is 0.203 e. The van der Waals surface area contributed by atoms with Gasteiger partial charge in [-0.3, -0.25) is 0 Å². The molecular weight excluding hydrogens is 519 g/mol. The SMILES string of the molecule is [B]Cc1ccc(-c2ccc(-c3ccc(C4=CCC(C5CCC(CC/C=C/C)CC5)CC4)c(F)c3F)cc2)c(F)c1F. The topological polar surface area (TPSA) is 0 Å². The van der Waals surface area contributed by atoms with E-state index in [0.717, 1.165) is 36.7 Å². The minimum Gasteiger partial charge on any atom is -0.203 e. The van der Waals surface area contributed by atoms with E-state index in [2.05, 4.69) is 25.2 Å². The van der Waals surface area contributed by atoms with E-state index in [9.17, 15) is 8.78 Å². The highest BCUT2D eigenvalue weighted by Gasteiger charge is 2.29. The summed E-state index contributed by atoms with van der Waals surface area (Å²) in [4.78, 5) is 0. The van der Waals surface area contributed by atoms with Gasteiger partial charge in [-0.15, -0.1) is 0 Å². The molecule has 0 bridgehead atoms. The van der Waals surface area contributed by atoms with Gasteiger partial charge in [0.2, 0.25) is 0 Å². The lowest BCUT2D eigenvalue weighted by molar-refractivity contribution is 0.190. The molecular formula is C36H37BF4. The molecule has 2 aliphatic carbocycles. The summed E-state index contributed by atoms with van der Waals surface area (Å²) < 4.78 is 59.4. The van der Waals surface area contributed by atoms with Crippen molar-refractivity contribution < 1.29 is 17.6 Å². The molecule has 0 aliphatic heterocycles. The Balaban J connectivity index is 1.25. The lowest BCUT2D eigenvalue weighted by Crippen LogP contribution is -2.23. The van der Waals surface area contributed by atoms with Crippen molar-refractivity contribution in [1.29, 1.82) is 0 Å². The average molecular weight is 556 g/mol. The third-order valence-electron chi connectivity index (χ3n) is 9.30. The summed E-state index contributed by atoms with van der Waals surface area (Å²) in [5, 5.41) is 0. The molecule has 0 heterocycles. The van der Waals surface area contributed by atoms with Gasteiger partial charge in [0.25, 0.3) is 0 Å². The monoisotopic (exact) mass is 556 g/mol. The lowest BCUT2D eigenvalue weighted by atomic mass is 9.70. The summed E-state index contributed by atoms with van der Waals surface area (Å²) in [7, 11) is 5.46. The Labute approximate surface area is 243 Å². The lowest BCUT2D eigenvalue weighted by Gasteiger charge is -2.35. The normalized spacial score (nSPS) is 21.3. The van der Waals surface area contributed by atoms with Crippen LogP contribution in [0.15, 0.2) is 66.8 Å². The van der Waals surface area contributed by atoms with Crippen LogP contribution in [0.5, 0.6) is 0 Å². The highest BCUT2D eigenvalue weighted by molar-refractivity contribution is 6.08. The second kappa shape index (κ2) is 13.3. The second-order valence-corrected chi connectivity index (χ2v) is 11.7. The van der Waals surface area contributed by atoms with Crippen molar-refractivity contribution in [3.05, 3.63) is 101 Å². The van der Waals surface area contributed by atoms with E-state index in [1.54, 1.807) is 36.4 Å². The van der Waals surface area contributed by atoms with Crippen molar-refractivity contribution in [2.45, 2.75) is 71.0 Å². The molecule has 0 saturated heterocycles. The highest BCUT2D eigenvalue weighted by atomic mass is 19.2. The van der Waals surface area contributed by atoms with Crippen LogP contribution >= 0.6 is 0 Å². The van der Waals surface area contributed by atoms with Crippen molar-refractivity contribution in [3.63, 3.8) is 0 Å². The maximum absolute atomic E-state index is 15.3. The van der Waals surface area contributed by atoms with Crippen LogP contribution in [0, 0.1) is 41.0 Å². The fourth-order valence-corrected chi connectivity index (χ4v) is 6.79. The van der Waals surface area contributed by atoms with Crippen LogP contribution in [0.1, 0.15) is 75.8 Å². The molecule has 0 nitrogen and oxygen atoms in total. The fraction of sp³-hybridized carbons (Fsp3) is 0.389. The van der Waals surface area contributed by atoms with Crippen LogP contribution in [0.2, 0.25) is 0 Å². The number of hydrogen-bond donors (Lipinski definition) is 0. The van der Waals surface area contributed by atoms with E-state index in [1.807, 2.05) is 0 Å². The quantitative estimate of drug-likeness (QED) is 0.147. The molecule has 3 aromatic rings. The van der Waals surface area contributed by atoms with E-state index in [1.165, 1.54) is 50.7 Å². The van der Waals surface area contributed by atoms with Crippen LogP contribution in [0.25, 0.3) is 27.8 Å². The molecule has 0 aromatic heterocycles. The predicted octanol–water partition coefficient (Wildman–Crippen LogP) is 10.6. The number of benzene rings is 3. The summed E-state index contributed by atoms with van der Waals surface area (Å²) in [6.07, 6.45) is 16.8. The minimum atomic E-state index is -0.974. The third kappa shape index (κ3) is 6.39. The zero-order chi connectivity index (χ0) is 28.9. The van der Waals surface area contributed by atoms with Gasteiger partial charge >= 0.3 is 0 Å². The van der Waals surface area contributed by atoms with Crippen molar-refractivity contribution in [2.24, 2.45) is 17.8 Å². The number of rotatable bonds is 8. The molecule has 1 unspecified atom stereocenters. The number of halogens is 4. The molecule has 2 aliphatic rings. The van der Waals surface area contributed by atoms with Gasteiger partial charge in [-0.05, 0) is 91.9 Å². The summed E-state index contributed by atoms with van der Waals surface area (Å²) >= 11 is 0. The average Bonchev–Trinajstić information content (AvgIpc) is 3.01. The highest BCUT2D eigenvalue weighted by Crippen LogP contribution is 2.43. The van der Waals surface area contributed by atoms with Crippen molar-refractivity contribution >= 4 is 13.4 Å². The molecule has 212 valence electrons. The Hall–Kier alpha value is -3.08. The third-order valence-corrected chi connectivity index (χ3v) is 9.30. The first-order valence-corrected chi connectivity index (χ1v) is 15.0. The van der Waals surface area contributed by atoms with Crippen LogP contribution in [0.4, 0.5) is 17.6 Å². The Bertz CT molecular complexity index is 1410. The summed E-state index contributed by atoms with van der Waals surface area (Å²) in [6.45, 7) is 2.08. The zero-order valence-electron chi connectivity index (χ0n) is 23.7. The summed E-state index contributed by atoms with van der Waals surface area (Å²) in [5.41, 5.74) is 2.47. The van der Waals surface area contributed by atoms with Gasteiger partial charge in [0.15, 0.2) is 23.3 Å². The number of allylic oxidation sites excluding steroid dienone is 4. The summed E-state index contributed by atoms with van der Waals surface area (Å²) in [6, 6.07) is 12.6. The van der Waals surface area contributed by atoms with Gasteiger partial charge in [-0.2, -0.15) is 0 Å². The maximum Gasteiger partial charge on any atom is 0.167 e. The van der Waals surface area contributed by atoms with E-state index in [-0.39, 0.29) is 23.0 Å². The molecule has 3 aromatic carbocycles. The standard InChI is InChI=1S/C36H37BF4/c1-2-3-4-5-23-6-8-24(9-7-23)25-10-12-26(13-11-25)31-20-21-32(36(41)35(31)40)28-16-14-27(15-17-28)30-19-18-29(22-37)33(38)34(30)39/h2-3,12,14-21,23-25H,4-11,13,22H2,1H3/b3-2+. The summed E-state index contributed by atoms with van der Waals surface area (Å²) in [5.74, 6) is -1.45. The van der Waals surface area contributed by atoms with Gasteiger partial charge in [0.05, 0.1) is 7.85 Å². The Morgan fingerprint density at radius 1 is 0.707 bits per heavy atom. The minimum absolute atomic E-state index is 0.0910. The first kappa shape index (κ1) is 29.4. The Morgan fingerprint density at radius 3 is 1.88 bits per heavy atom. The first-order valence-electron chi connectivity index (χ1n) is 15.0. The molecule has 1 atom stereocenters. The molecule has 1 fully saturated rings. The maximum atomic E-state index is 15.3. The zero-order valence-corrected chi connectivity index (χ0v) is 23.7. The van der Waals surface area contributed by atoms with Gasteiger partial charge < -0.3 is 0 Å². The second-order valence-electron chi connectivity index (χ2n) is 11.7. The molecule has 5 rings (SSSR count). The molecule has 1 saturated carbocycles. The predicted molar refractivity (Wildman–Crippen MR) is 161 cm³/mol. The molecule has 5 heteroatoms. The smallest absolute Gasteiger partial charge is 0.167 e. The van der Waals surface area contributed by atoms with Crippen LogP contribution in [-0.2, 0) is 6.32 Å². The van der Waals surface area contributed by atoms with Crippen molar-refractivity contribution in [1.82, 2.24) is 0 Å².